The van der Waals surface area contributed by atoms with Crippen molar-refractivity contribution >= 4 is 33.2 Å². The van der Waals surface area contributed by atoms with Crippen molar-refractivity contribution in [2.45, 2.75) is 24.9 Å². The lowest BCUT2D eigenvalue weighted by molar-refractivity contribution is -0.192. The number of carbonyl (C=O) groups is 1. The normalized spacial score (nSPS) is 14.8. The second kappa shape index (κ2) is 8.80. The molecule has 4 aromatic rings. The van der Waals surface area contributed by atoms with E-state index in [2.05, 4.69) is 22.7 Å². The van der Waals surface area contributed by atoms with Gasteiger partial charge in [-0.1, -0.05) is 11.3 Å². The molecule has 9 nitrogen and oxygen atoms in total. The molecule has 2 N–H and O–H groups in total. The van der Waals surface area contributed by atoms with Gasteiger partial charge >= 0.3 is 12.1 Å². The van der Waals surface area contributed by atoms with Crippen LogP contribution in [-0.4, -0.2) is 54.7 Å². The van der Waals surface area contributed by atoms with E-state index in [0.29, 0.717) is 11.5 Å². The van der Waals surface area contributed by atoms with Crippen molar-refractivity contribution in [3.8, 4) is 16.6 Å². The summed E-state index contributed by atoms with van der Waals surface area (Å²) in [7, 11) is 1.86. The van der Waals surface area contributed by atoms with Crippen LogP contribution in [0.5, 0.6) is 0 Å². The molecule has 1 aliphatic heterocycles. The predicted octanol–water partition coefficient (Wildman–Crippen LogP) is 3.32. The van der Waals surface area contributed by atoms with Crippen molar-refractivity contribution in [3.63, 3.8) is 0 Å². The minimum atomic E-state index is -5.08. The Hall–Kier alpha value is -3.50. The maximum absolute atomic E-state index is 10.6. The van der Waals surface area contributed by atoms with Crippen molar-refractivity contribution in [1.29, 1.82) is 5.26 Å². The number of alkyl halides is 3. The van der Waals surface area contributed by atoms with E-state index in [1.54, 1.807) is 16.0 Å². The van der Waals surface area contributed by atoms with Gasteiger partial charge in [0.25, 0.3) is 0 Å². The molecular weight excluding hydrogens is 459 g/mol. The van der Waals surface area contributed by atoms with Crippen LogP contribution in [0.3, 0.4) is 0 Å². The molecule has 1 aliphatic rings. The van der Waals surface area contributed by atoms with Gasteiger partial charge in [0, 0.05) is 30.1 Å². The van der Waals surface area contributed by atoms with E-state index in [9.17, 15) is 18.4 Å². The number of nitrogens with zero attached hydrogens (tertiary/aromatic N) is 6. The van der Waals surface area contributed by atoms with Crippen molar-refractivity contribution in [1.82, 2.24) is 29.7 Å². The molecule has 5 rings (SSSR count). The molecule has 0 amide bonds. The lowest BCUT2D eigenvalue weighted by Crippen LogP contribution is -2.26. The van der Waals surface area contributed by atoms with E-state index in [1.807, 2.05) is 29.9 Å². The van der Waals surface area contributed by atoms with E-state index in [-0.39, 0.29) is 0 Å². The standard InChI is InChI=1S/C18H17N7S.C2HF3O2/c1-24-9-14-7-12(6-13(8-19)16(14)22-24)17-23-25-10-15(21-18(25)26-17)11-2-4-20-5-3-11;3-2(4,5)1(6)7/h6-7,9-11,20H,2-5H2,1H3;(H,6,7). The van der Waals surface area contributed by atoms with Crippen LogP contribution in [0.15, 0.2) is 24.5 Å². The van der Waals surface area contributed by atoms with Crippen LogP contribution in [0.1, 0.15) is 30.0 Å². The number of carboxylic acids is 1. The third-order valence-corrected chi connectivity index (χ3v) is 6.12. The van der Waals surface area contributed by atoms with Crippen LogP contribution in [0.25, 0.3) is 26.4 Å². The fraction of sp³-hybridized carbons (Fsp3) is 0.350. The maximum Gasteiger partial charge on any atom is 0.490 e. The number of rotatable bonds is 2. The van der Waals surface area contributed by atoms with E-state index in [0.717, 1.165) is 58.1 Å². The highest BCUT2D eigenvalue weighted by atomic mass is 32.1. The largest absolute Gasteiger partial charge is 0.490 e. The number of nitriles is 1. The van der Waals surface area contributed by atoms with Gasteiger partial charge < -0.3 is 10.4 Å². The van der Waals surface area contributed by atoms with Crippen LogP contribution in [0.2, 0.25) is 0 Å². The highest BCUT2D eigenvalue weighted by molar-refractivity contribution is 7.19. The first-order chi connectivity index (χ1) is 15.7. The summed E-state index contributed by atoms with van der Waals surface area (Å²) < 4.78 is 35.3. The number of nitrogens with one attached hydrogen (secondary N) is 1. The van der Waals surface area contributed by atoms with E-state index < -0.39 is 12.1 Å². The monoisotopic (exact) mass is 477 g/mol. The van der Waals surface area contributed by atoms with Crippen molar-refractivity contribution in [2.75, 3.05) is 13.1 Å². The number of hydrogen-bond donors (Lipinski definition) is 2. The molecule has 4 heterocycles. The number of piperidine rings is 1. The molecule has 0 atom stereocenters. The molecule has 0 aliphatic carbocycles. The molecular formula is C20H18F3N7O2S. The number of carboxylic acid groups (broad SMARTS) is 1. The Labute approximate surface area is 189 Å². The van der Waals surface area contributed by atoms with Gasteiger partial charge in [0.05, 0.1) is 17.5 Å². The fourth-order valence-corrected chi connectivity index (χ4v) is 4.49. The molecule has 0 spiro atoms. The zero-order valence-electron chi connectivity index (χ0n) is 17.3. The average molecular weight is 477 g/mol. The van der Waals surface area contributed by atoms with Gasteiger partial charge in [-0.25, -0.2) is 14.3 Å². The van der Waals surface area contributed by atoms with Crippen molar-refractivity contribution in [3.05, 3.63) is 35.8 Å². The topological polar surface area (TPSA) is 121 Å². The van der Waals surface area contributed by atoms with Crippen LogP contribution in [0.4, 0.5) is 13.2 Å². The number of fused-ring (bicyclic) bond motifs is 2. The first-order valence-electron chi connectivity index (χ1n) is 9.90. The van der Waals surface area contributed by atoms with Crippen LogP contribution >= 0.6 is 11.3 Å². The Kier molecular flexibility index (Phi) is 6.05. The Bertz CT molecular complexity index is 1330. The summed E-state index contributed by atoms with van der Waals surface area (Å²) >= 11 is 1.56. The Balaban J connectivity index is 0.000000325. The van der Waals surface area contributed by atoms with Crippen LogP contribution in [0, 0.1) is 11.3 Å². The Morgan fingerprint density at radius 2 is 1.97 bits per heavy atom. The summed E-state index contributed by atoms with van der Waals surface area (Å²) in [6, 6.07) is 6.15. The smallest absolute Gasteiger partial charge is 0.475 e. The van der Waals surface area contributed by atoms with Gasteiger partial charge in [-0.2, -0.15) is 28.6 Å². The molecule has 0 saturated carbocycles. The predicted molar refractivity (Wildman–Crippen MR) is 114 cm³/mol. The van der Waals surface area contributed by atoms with Gasteiger partial charge in [-0.15, -0.1) is 0 Å². The molecule has 1 saturated heterocycles. The van der Waals surface area contributed by atoms with Crippen molar-refractivity contribution in [2.24, 2.45) is 7.05 Å². The molecule has 172 valence electrons. The Morgan fingerprint density at radius 1 is 1.27 bits per heavy atom. The lowest BCUT2D eigenvalue weighted by atomic mass is 9.95. The first-order valence-corrected chi connectivity index (χ1v) is 10.7. The molecule has 0 radical (unpaired) electrons. The fourth-order valence-electron chi connectivity index (χ4n) is 3.61. The second-order valence-electron chi connectivity index (χ2n) is 7.50. The van der Waals surface area contributed by atoms with Crippen LogP contribution < -0.4 is 5.32 Å². The maximum atomic E-state index is 10.6. The van der Waals surface area contributed by atoms with Gasteiger partial charge in [-0.05, 0) is 38.1 Å². The zero-order valence-corrected chi connectivity index (χ0v) is 18.1. The number of hydrogen-bond acceptors (Lipinski definition) is 7. The molecule has 13 heteroatoms. The summed E-state index contributed by atoms with van der Waals surface area (Å²) in [6.07, 6.45) is 1.15. The molecule has 1 fully saturated rings. The molecule has 0 unspecified atom stereocenters. The summed E-state index contributed by atoms with van der Waals surface area (Å²) in [5.74, 6) is -2.24. The zero-order chi connectivity index (χ0) is 23.8. The third kappa shape index (κ3) is 4.81. The summed E-state index contributed by atoms with van der Waals surface area (Å²) in [6.45, 7) is 2.10. The van der Waals surface area contributed by atoms with E-state index in [4.69, 9.17) is 20.0 Å². The number of benzene rings is 1. The number of imidazole rings is 1. The molecule has 3 aromatic heterocycles. The highest BCUT2D eigenvalue weighted by Gasteiger charge is 2.38. The minimum absolute atomic E-state index is 0.519. The van der Waals surface area contributed by atoms with Crippen LogP contribution in [-0.2, 0) is 11.8 Å². The van der Waals surface area contributed by atoms with E-state index in [1.165, 1.54) is 0 Å². The number of halogens is 3. The molecule has 0 bridgehead atoms. The first kappa shape index (κ1) is 22.7. The SMILES string of the molecule is Cn1cc2cc(-c3nn4cc(C5CCNCC5)nc4s3)cc(C#N)c2n1.O=C(O)C(F)(F)F. The van der Waals surface area contributed by atoms with Gasteiger partial charge in [0.1, 0.15) is 16.6 Å². The van der Waals surface area contributed by atoms with Gasteiger partial charge in [0.2, 0.25) is 4.96 Å². The lowest BCUT2D eigenvalue weighted by Gasteiger charge is -2.20. The molecule has 33 heavy (non-hydrogen) atoms. The summed E-state index contributed by atoms with van der Waals surface area (Å²) in [4.78, 5) is 14.6. The Morgan fingerprint density at radius 3 is 2.58 bits per heavy atom. The number of aryl methyl sites for hydroxylation is 1. The second-order valence-corrected chi connectivity index (χ2v) is 8.46. The number of aliphatic carboxylic acids is 1. The minimum Gasteiger partial charge on any atom is -0.475 e. The van der Waals surface area contributed by atoms with Crippen molar-refractivity contribution < 1.29 is 23.1 Å². The quantitative estimate of drug-likeness (QED) is 0.454. The van der Waals surface area contributed by atoms with E-state index >= 15 is 0 Å². The van der Waals surface area contributed by atoms with Gasteiger partial charge in [-0.3, -0.25) is 4.68 Å². The number of aromatic nitrogens is 5. The summed E-state index contributed by atoms with van der Waals surface area (Å²) in [5, 5.41) is 30.9. The average Bonchev–Trinajstić information content (AvgIpc) is 3.45. The third-order valence-electron chi connectivity index (χ3n) is 5.15. The molecule has 1 aromatic carbocycles. The summed E-state index contributed by atoms with van der Waals surface area (Å²) in [5.41, 5.74) is 3.37. The highest BCUT2D eigenvalue weighted by Crippen LogP contribution is 2.32. The van der Waals surface area contributed by atoms with Gasteiger partial charge in [0.15, 0.2) is 0 Å².